The van der Waals surface area contributed by atoms with Gasteiger partial charge in [-0.2, -0.15) is 0 Å². The van der Waals surface area contributed by atoms with Crippen LogP contribution >= 0.6 is 24.8 Å². The van der Waals surface area contributed by atoms with E-state index in [1.54, 1.807) is 25.2 Å². The summed E-state index contributed by atoms with van der Waals surface area (Å²) in [4.78, 5) is 28.3. The minimum absolute atomic E-state index is 0. The van der Waals surface area contributed by atoms with Gasteiger partial charge in [-0.1, -0.05) is 12.5 Å². The van der Waals surface area contributed by atoms with E-state index >= 15 is 0 Å². The fraction of sp³-hybridized carbons (Fsp3) is 0.381. The summed E-state index contributed by atoms with van der Waals surface area (Å²) < 4.78 is 5.94. The van der Waals surface area contributed by atoms with E-state index in [1.807, 2.05) is 19.1 Å². The second-order valence-corrected chi connectivity index (χ2v) is 7.15. The first kappa shape index (κ1) is 25.7. The van der Waals surface area contributed by atoms with E-state index in [4.69, 9.17) is 10.5 Å². The van der Waals surface area contributed by atoms with Crippen LogP contribution in [0.15, 0.2) is 36.5 Å². The van der Waals surface area contributed by atoms with Crippen molar-refractivity contribution in [2.24, 2.45) is 11.7 Å². The fourth-order valence-electron chi connectivity index (χ4n) is 3.35. The number of hydrogen-bond acceptors (Lipinski definition) is 5. The molecule has 2 atom stereocenters. The average molecular weight is 455 g/mol. The Morgan fingerprint density at radius 2 is 1.93 bits per heavy atom. The molecular weight excluding hydrogens is 427 g/mol. The molecule has 1 aliphatic carbocycles. The molecule has 1 heterocycles. The third-order valence-electron chi connectivity index (χ3n) is 4.96. The Balaban J connectivity index is 0.00000225. The maximum absolute atomic E-state index is 12.6. The summed E-state index contributed by atoms with van der Waals surface area (Å²) in [5, 5.41) is 5.51. The van der Waals surface area contributed by atoms with Crippen molar-refractivity contribution >= 4 is 42.3 Å². The van der Waals surface area contributed by atoms with Gasteiger partial charge in [0, 0.05) is 43.0 Å². The number of nitrogens with zero attached hydrogens (tertiary/aromatic N) is 1. The van der Waals surface area contributed by atoms with Crippen molar-refractivity contribution in [3.63, 3.8) is 0 Å². The van der Waals surface area contributed by atoms with Gasteiger partial charge in [0.25, 0.3) is 5.91 Å². The van der Waals surface area contributed by atoms with Gasteiger partial charge in [0.1, 0.15) is 17.2 Å². The molecular formula is C21H28Cl2N4O3. The van der Waals surface area contributed by atoms with Gasteiger partial charge < -0.3 is 21.1 Å². The molecule has 0 aliphatic heterocycles. The molecule has 1 aromatic carbocycles. The molecule has 0 saturated heterocycles. The Bertz CT molecular complexity index is 879. The SMILES string of the molecule is CNC(=O)c1cc(Oc2cc(NC(=O)C3CCCC(N)C3)ccc2C)ccn1.Cl.Cl. The summed E-state index contributed by atoms with van der Waals surface area (Å²) in [6, 6.07) is 8.88. The topological polar surface area (TPSA) is 106 Å². The van der Waals surface area contributed by atoms with Crippen LogP contribution in [-0.4, -0.2) is 29.9 Å². The number of carbonyl (C=O) groups excluding carboxylic acids is 2. The van der Waals surface area contributed by atoms with Crippen LogP contribution in [0.4, 0.5) is 5.69 Å². The van der Waals surface area contributed by atoms with Crippen LogP contribution in [0.5, 0.6) is 11.5 Å². The number of pyridine rings is 1. The summed E-state index contributed by atoms with van der Waals surface area (Å²) >= 11 is 0. The molecule has 0 radical (unpaired) electrons. The van der Waals surface area contributed by atoms with E-state index in [2.05, 4.69) is 15.6 Å². The molecule has 2 aromatic rings. The first-order valence-electron chi connectivity index (χ1n) is 9.49. The summed E-state index contributed by atoms with van der Waals surface area (Å²) in [5.41, 5.74) is 7.85. The maximum atomic E-state index is 12.6. The highest BCUT2D eigenvalue weighted by Gasteiger charge is 2.25. The molecule has 1 fully saturated rings. The van der Waals surface area contributed by atoms with Crippen molar-refractivity contribution in [1.29, 1.82) is 0 Å². The normalized spacial score (nSPS) is 17.7. The van der Waals surface area contributed by atoms with Gasteiger partial charge in [-0.15, -0.1) is 24.8 Å². The number of benzene rings is 1. The van der Waals surface area contributed by atoms with E-state index in [1.165, 1.54) is 6.20 Å². The zero-order valence-electron chi connectivity index (χ0n) is 17.0. The summed E-state index contributed by atoms with van der Waals surface area (Å²) in [6.07, 6.45) is 5.08. The van der Waals surface area contributed by atoms with Crippen LogP contribution < -0.4 is 21.1 Å². The van der Waals surface area contributed by atoms with Gasteiger partial charge in [-0.25, -0.2) is 0 Å². The van der Waals surface area contributed by atoms with E-state index in [9.17, 15) is 9.59 Å². The molecule has 9 heteroatoms. The molecule has 4 N–H and O–H groups in total. The van der Waals surface area contributed by atoms with Gasteiger partial charge in [0.15, 0.2) is 0 Å². The predicted molar refractivity (Wildman–Crippen MR) is 122 cm³/mol. The van der Waals surface area contributed by atoms with Crippen LogP contribution in [-0.2, 0) is 4.79 Å². The number of nitrogens with one attached hydrogen (secondary N) is 2. The second-order valence-electron chi connectivity index (χ2n) is 7.15. The molecule has 164 valence electrons. The quantitative estimate of drug-likeness (QED) is 0.635. The number of halogens is 2. The minimum Gasteiger partial charge on any atom is -0.457 e. The zero-order valence-corrected chi connectivity index (χ0v) is 18.6. The van der Waals surface area contributed by atoms with Crippen molar-refractivity contribution in [3.8, 4) is 11.5 Å². The number of nitrogens with two attached hydrogens (primary N) is 1. The molecule has 2 amide bonds. The van der Waals surface area contributed by atoms with Crippen molar-refractivity contribution < 1.29 is 14.3 Å². The molecule has 1 aromatic heterocycles. The summed E-state index contributed by atoms with van der Waals surface area (Å²) in [5.74, 6) is 0.764. The number of hydrogen-bond donors (Lipinski definition) is 3. The largest absolute Gasteiger partial charge is 0.457 e. The van der Waals surface area contributed by atoms with Crippen molar-refractivity contribution in [2.45, 2.75) is 38.6 Å². The summed E-state index contributed by atoms with van der Waals surface area (Å²) in [6.45, 7) is 1.92. The Labute approximate surface area is 189 Å². The highest BCUT2D eigenvalue weighted by atomic mass is 35.5. The number of aromatic nitrogens is 1. The number of carbonyl (C=O) groups is 2. The first-order valence-corrected chi connectivity index (χ1v) is 9.49. The van der Waals surface area contributed by atoms with Crippen molar-refractivity contribution in [3.05, 3.63) is 47.8 Å². The molecule has 1 saturated carbocycles. The first-order chi connectivity index (χ1) is 13.5. The molecule has 0 spiro atoms. The van der Waals surface area contributed by atoms with E-state index in [-0.39, 0.29) is 54.3 Å². The van der Waals surface area contributed by atoms with E-state index in [0.29, 0.717) is 17.2 Å². The molecule has 7 nitrogen and oxygen atoms in total. The van der Waals surface area contributed by atoms with Gasteiger partial charge >= 0.3 is 0 Å². The standard InChI is InChI=1S/C21H26N4O3.2ClH/c1-13-6-7-16(25-20(26)14-4-3-5-15(22)10-14)11-19(13)28-17-8-9-24-18(12-17)21(27)23-2;;/h6-9,11-12,14-15H,3-5,10,22H2,1-2H3,(H,23,27)(H,25,26);2*1H. The van der Waals surface area contributed by atoms with Crippen LogP contribution in [0, 0.1) is 12.8 Å². The lowest BCUT2D eigenvalue weighted by molar-refractivity contribution is -0.120. The Hall–Kier alpha value is -2.35. The van der Waals surface area contributed by atoms with E-state index < -0.39 is 0 Å². The van der Waals surface area contributed by atoms with Crippen molar-refractivity contribution in [1.82, 2.24) is 10.3 Å². The van der Waals surface area contributed by atoms with Crippen LogP contribution in [0.2, 0.25) is 0 Å². The highest BCUT2D eigenvalue weighted by molar-refractivity contribution is 5.93. The predicted octanol–water partition coefficient (Wildman–Crippen LogP) is 3.84. The maximum Gasteiger partial charge on any atom is 0.269 e. The number of aryl methyl sites for hydroxylation is 1. The smallest absolute Gasteiger partial charge is 0.269 e. The Kier molecular flexibility index (Phi) is 10.0. The van der Waals surface area contributed by atoms with Crippen LogP contribution in [0.3, 0.4) is 0 Å². The highest BCUT2D eigenvalue weighted by Crippen LogP contribution is 2.29. The van der Waals surface area contributed by atoms with Crippen molar-refractivity contribution in [2.75, 3.05) is 12.4 Å². The Morgan fingerprint density at radius 3 is 2.63 bits per heavy atom. The molecule has 30 heavy (non-hydrogen) atoms. The average Bonchev–Trinajstić information content (AvgIpc) is 2.70. The number of ether oxygens (including phenoxy) is 1. The van der Waals surface area contributed by atoms with Gasteiger partial charge in [0.2, 0.25) is 5.91 Å². The molecule has 3 rings (SSSR count). The number of anilines is 1. The zero-order chi connectivity index (χ0) is 20.1. The number of rotatable bonds is 5. The Morgan fingerprint density at radius 1 is 1.17 bits per heavy atom. The van der Waals surface area contributed by atoms with Gasteiger partial charge in [-0.05, 0) is 43.9 Å². The van der Waals surface area contributed by atoms with Crippen LogP contribution in [0.1, 0.15) is 41.7 Å². The van der Waals surface area contributed by atoms with E-state index in [0.717, 1.165) is 31.2 Å². The lowest BCUT2D eigenvalue weighted by atomic mass is 9.85. The third-order valence-corrected chi connectivity index (χ3v) is 4.96. The lowest BCUT2D eigenvalue weighted by Gasteiger charge is -2.25. The third kappa shape index (κ3) is 6.58. The summed E-state index contributed by atoms with van der Waals surface area (Å²) in [7, 11) is 1.55. The minimum atomic E-state index is -0.283. The van der Waals surface area contributed by atoms with Gasteiger partial charge in [0.05, 0.1) is 0 Å². The monoisotopic (exact) mass is 454 g/mol. The fourth-order valence-corrected chi connectivity index (χ4v) is 3.35. The molecule has 1 aliphatic rings. The van der Waals surface area contributed by atoms with Crippen LogP contribution in [0.25, 0.3) is 0 Å². The number of amides is 2. The second kappa shape index (κ2) is 11.7. The lowest BCUT2D eigenvalue weighted by Crippen LogP contribution is -2.34. The van der Waals surface area contributed by atoms with Gasteiger partial charge in [-0.3, -0.25) is 14.6 Å². The molecule has 0 bridgehead atoms. The molecule has 2 unspecified atom stereocenters.